The number of aromatic nitrogens is 2. The summed E-state index contributed by atoms with van der Waals surface area (Å²) in [5.41, 5.74) is -0.920. The van der Waals surface area contributed by atoms with Crippen LogP contribution < -0.4 is 0 Å². The maximum Gasteiger partial charge on any atom is 0.435 e. The molecule has 104 valence electrons. The fraction of sp³-hybridized carbons (Fsp3) is 0.0833. The molecule has 0 aliphatic carbocycles. The quantitative estimate of drug-likeness (QED) is 0.942. The lowest BCUT2D eigenvalue weighted by atomic mass is 10.2. The zero-order valence-electron chi connectivity index (χ0n) is 9.76. The minimum absolute atomic E-state index is 0.132. The third-order valence-corrected chi connectivity index (χ3v) is 3.19. The summed E-state index contributed by atoms with van der Waals surface area (Å²) < 4.78 is 36.9. The summed E-state index contributed by atoms with van der Waals surface area (Å²) in [4.78, 5) is 11.3. The summed E-state index contributed by atoms with van der Waals surface area (Å²) in [6.07, 6.45) is -4.51. The predicted octanol–water partition coefficient (Wildman–Crippen LogP) is 3.34. The number of halogens is 3. The number of carboxylic acid groups (broad SMARTS) is 1. The van der Waals surface area contributed by atoms with Crippen LogP contribution in [0.15, 0.2) is 46.3 Å². The fourth-order valence-electron chi connectivity index (χ4n) is 1.31. The number of rotatable bonds is 3. The van der Waals surface area contributed by atoms with E-state index in [4.69, 9.17) is 5.11 Å². The van der Waals surface area contributed by atoms with Crippen LogP contribution in [0.1, 0.15) is 16.1 Å². The van der Waals surface area contributed by atoms with Crippen molar-refractivity contribution in [2.75, 3.05) is 0 Å². The van der Waals surface area contributed by atoms with Crippen molar-refractivity contribution in [3.8, 4) is 0 Å². The minimum Gasteiger partial charge on any atom is -0.478 e. The van der Waals surface area contributed by atoms with Gasteiger partial charge in [0.25, 0.3) is 0 Å². The van der Waals surface area contributed by atoms with Crippen molar-refractivity contribution in [2.24, 2.45) is 0 Å². The molecule has 1 heterocycles. The van der Waals surface area contributed by atoms with Crippen LogP contribution in [0.5, 0.6) is 0 Å². The van der Waals surface area contributed by atoms with Gasteiger partial charge in [0.2, 0.25) is 0 Å². The van der Waals surface area contributed by atoms with Crippen molar-refractivity contribution in [1.82, 2.24) is 10.2 Å². The zero-order valence-corrected chi connectivity index (χ0v) is 10.6. The van der Waals surface area contributed by atoms with E-state index in [1.807, 2.05) is 0 Å². The average molecular weight is 300 g/mol. The summed E-state index contributed by atoms with van der Waals surface area (Å²) in [6, 6.07) is 7.97. The van der Waals surface area contributed by atoms with E-state index in [9.17, 15) is 18.0 Å². The molecule has 0 atom stereocenters. The number of hydrogen-bond donors (Lipinski definition) is 1. The summed E-state index contributed by atoms with van der Waals surface area (Å²) in [7, 11) is 0. The first-order valence-corrected chi connectivity index (χ1v) is 6.10. The molecular formula is C12H7F3N2O2S. The van der Waals surface area contributed by atoms with Gasteiger partial charge in [-0.15, -0.1) is 10.2 Å². The van der Waals surface area contributed by atoms with E-state index in [0.29, 0.717) is 9.92 Å². The largest absolute Gasteiger partial charge is 0.478 e. The van der Waals surface area contributed by atoms with E-state index >= 15 is 0 Å². The molecule has 8 heteroatoms. The Morgan fingerprint density at radius 3 is 2.15 bits per heavy atom. The van der Waals surface area contributed by atoms with Gasteiger partial charge in [-0.1, -0.05) is 11.8 Å². The first-order valence-electron chi connectivity index (χ1n) is 5.28. The van der Waals surface area contributed by atoms with Gasteiger partial charge in [-0.25, -0.2) is 4.79 Å². The molecular weight excluding hydrogens is 293 g/mol. The highest BCUT2D eigenvalue weighted by Crippen LogP contribution is 2.30. The topological polar surface area (TPSA) is 63.1 Å². The van der Waals surface area contributed by atoms with Gasteiger partial charge in [-0.05, 0) is 36.4 Å². The van der Waals surface area contributed by atoms with E-state index < -0.39 is 17.8 Å². The van der Waals surface area contributed by atoms with Gasteiger partial charge in [0.1, 0.15) is 5.03 Å². The Bertz CT molecular complexity index is 612. The second-order valence-corrected chi connectivity index (χ2v) is 4.78. The first kappa shape index (κ1) is 14.3. The molecule has 0 aliphatic heterocycles. The van der Waals surface area contributed by atoms with Crippen molar-refractivity contribution >= 4 is 17.7 Å². The molecule has 0 radical (unpaired) electrons. The molecule has 1 N–H and O–H groups in total. The van der Waals surface area contributed by atoms with Crippen molar-refractivity contribution in [1.29, 1.82) is 0 Å². The van der Waals surface area contributed by atoms with Crippen LogP contribution >= 0.6 is 11.8 Å². The molecule has 0 unspecified atom stereocenters. The van der Waals surface area contributed by atoms with Crippen LogP contribution in [0, 0.1) is 0 Å². The number of alkyl halides is 3. The Kier molecular flexibility index (Phi) is 3.93. The van der Waals surface area contributed by atoms with Crippen molar-refractivity contribution < 1.29 is 23.1 Å². The third-order valence-electron chi connectivity index (χ3n) is 2.25. The monoisotopic (exact) mass is 300 g/mol. The van der Waals surface area contributed by atoms with E-state index in [-0.39, 0.29) is 5.56 Å². The molecule has 0 bridgehead atoms. The molecule has 1 aromatic heterocycles. The lowest BCUT2D eigenvalue weighted by Crippen LogP contribution is -2.08. The summed E-state index contributed by atoms with van der Waals surface area (Å²) in [6.45, 7) is 0. The molecule has 4 nitrogen and oxygen atoms in total. The van der Waals surface area contributed by atoms with Crippen molar-refractivity contribution in [3.63, 3.8) is 0 Å². The Morgan fingerprint density at radius 2 is 1.70 bits per heavy atom. The van der Waals surface area contributed by atoms with Crippen LogP contribution in [0.3, 0.4) is 0 Å². The van der Waals surface area contributed by atoms with Gasteiger partial charge in [-0.3, -0.25) is 0 Å². The second-order valence-electron chi connectivity index (χ2n) is 3.69. The van der Waals surface area contributed by atoms with Gasteiger partial charge in [-0.2, -0.15) is 13.2 Å². The van der Waals surface area contributed by atoms with E-state index in [1.165, 1.54) is 18.2 Å². The number of carbonyl (C=O) groups is 1. The second kappa shape index (κ2) is 5.49. The maximum absolute atomic E-state index is 12.3. The van der Waals surface area contributed by atoms with Crippen LogP contribution in [-0.2, 0) is 6.18 Å². The maximum atomic E-state index is 12.3. The average Bonchev–Trinajstić information content (AvgIpc) is 2.39. The van der Waals surface area contributed by atoms with Crippen LogP contribution in [0.25, 0.3) is 0 Å². The molecule has 0 aliphatic rings. The Balaban J connectivity index is 2.12. The third kappa shape index (κ3) is 3.47. The molecule has 1 aromatic carbocycles. The Morgan fingerprint density at radius 1 is 1.05 bits per heavy atom. The van der Waals surface area contributed by atoms with E-state index in [0.717, 1.165) is 17.8 Å². The molecule has 2 aromatic rings. The SMILES string of the molecule is O=C(O)c1ccc(Sc2ccc(C(F)(F)F)nn2)cc1. The Labute approximate surface area is 115 Å². The highest BCUT2D eigenvalue weighted by Gasteiger charge is 2.32. The molecule has 0 saturated heterocycles. The first-order chi connectivity index (χ1) is 9.36. The van der Waals surface area contributed by atoms with Crippen molar-refractivity contribution in [3.05, 3.63) is 47.7 Å². The lowest BCUT2D eigenvalue weighted by Gasteiger charge is -2.05. The van der Waals surface area contributed by atoms with Gasteiger partial charge in [0.05, 0.1) is 5.56 Å². The van der Waals surface area contributed by atoms with Crippen LogP contribution in [0.4, 0.5) is 13.2 Å². The zero-order chi connectivity index (χ0) is 14.8. The van der Waals surface area contributed by atoms with Gasteiger partial charge >= 0.3 is 12.1 Å². The summed E-state index contributed by atoms with van der Waals surface area (Å²) >= 11 is 1.09. The number of nitrogens with zero attached hydrogens (tertiary/aromatic N) is 2. The summed E-state index contributed by atoms with van der Waals surface area (Å²) in [5, 5.41) is 15.6. The predicted molar refractivity (Wildman–Crippen MR) is 64.6 cm³/mol. The number of carboxylic acids is 1. The van der Waals surface area contributed by atoms with E-state index in [1.54, 1.807) is 12.1 Å². The minimum atomic E-state index is -4.51. The number of benzene rings is 1. The highest BCUT2D eigenvalue weighted by atomic mass is 32.2. The Hall–Kier alpha value is -2.09. The van der Waals surface area contributed by atoms with Gasteiger partial charge in [0, 0.05) is 4.90 Å². The lowest BCUT2D eigenvalue weighted by molar-refractivity contribution is -0.141. The normalized spacial score (nSPS) is 11.3. The number of hydrogen-bond acceptors (Lipinski definition) is 4. The number of aromatic carboxylic acids is 1. The summed E-state index contributed by atoms with van der Waals surface area (Å²) in [5.74, 6) is -1.05. The van der Waals surface area contributed by atoms with Gasteiger partial charge in [0.15, 0.2) is 5.69 Å². The molecule has 0 fully saturated rings. The fourth-order valence-corrected chi connectivity index (χ4v) is 2.04. The van der Waals surface area contributed by atoms with Crippen molar-refractivity contribution in [2.45, 2.75) is 16.1 Å². The van der Waals surface area contributed by atoms with Crippen LogP contribution in [-0.4, -0.2) is 21.3 Å². The molecule has 0 saturated carbocycles. The van der Waals surface area contributed by atoms with Crippen LogP contribution in [0.2, 0.25) is 0 Å². The molecule has 0 spiro atoms. The smallest absolute Gasteiger partial charge is 0.435 e. The molecule has 0 amide bonds. The van der Waals surface area contributed by atoms with E-state index in [2.05, 4.69) is 10.2 Å². The highest BCUT2D eigenvalue weighted by molar-refractivity contribution is 7.99. The van der Waals surface area contributed by atoms with Gasteiger partial charge < -0.3 is 5.11 Å². The molecule has 20 heavy (non-hydrogen) atoms. The molecule has 2 rings (SSSR count). The standard InChI is InChI=1S/C12H7F3N2O2S/c13-12(14,15)9-5-6-10(17-16-9)20-8-3-1-7(2-4-8)11(18)19/h1-6H,(H,18,19).